The van der Waals surface area contributed by atoms with Gasteiger partial charge in [-0.2, -0.15) is 0 Å². The van der Waals surface area contributed by atoms with Gasteiger partial charge in [-0.25, -0.2) is 0 Å². The molecule has 0 unspecified atom stereocenters. The number of anilines is 1. The van der Waals surface area contributed by atoms with E-state index in [2.05, 4.69) is 62.5 Å². The molecule has 0 fully saturated rings. The second kappa shape index (κ2) is 5.93. The van der Waals surface area contributed by atoms with E-state index in [1.807, 2.05) is 6.07 Å². The van der Waals surface area contributed by atoms with Gasteiger partial charge in [0.15, 0.2) is 0 Å². The van der Waals surface area contributed by atoms with E-state index in [-0.39, 0.29) is 0 Å². The number of furan rings is 1. The highest BCUT2D eigenvalue weighted by molar-refractivity contribution is 7.81. The molecule has 0 saturated heterocycles. The van der Waals surface area contributed by atoms with E-state index >= 15 is 0 Å². The largest absolute Gasteiger partial charge is 0.464 e. The summed E-state index contributed by atoms with van der Waals surface area (Å²) in [5.74, 6) is 0. The number of aryl methyl sites for hydroxylation is 1. The van der Waals surface area contributed by atoms with Crippen molar-refractivity contribution in [3.05, 3.63) is 65.4 Å². The Hall–Kier alpha value is -2.13. The number of benzene rings is 2. The summed E-state index contributed by atoms with van der Waals surface area (Å²) in [6.45, 7) is 6.32. The number of thiocarbonyl (C=S) groups is 1. The van der Waals surface area contributed by atoms with Crippen LogP contribution in [-0.2, 0) is 0 Å². The average Bonchev–Trinajstić information content (AvgIpc) is 2.94. The number of hydrogen-bond donors (Lipinski definition) is 1. The summed E-state index contributed by atoms with van der Waals surface area (Å²) in [4.78, 5) is 0.812. The van der Waals surface area contributed by atoms with Crippen molar-refractivity contribution in [1.29, 1.82) is 0 Å². The number of rotatable bonds is 4. The lowest BCUT2D eigenvalue weighted by atomic mass is 10.0. The molecule has 1 aromatic heterocycles. The van der Waals surface area contributed by atoms with E-state index < -0.39 is 0 Å². The fourth-order valence-electron chi connectivity index (χ4n) is 2.53. The van der Waals surface area contributed by atoms with Crippen molar-refractivity contribution in [3.63, 3.8) is 0 Å². The van der Waals surface area contributed by atoms with Crippen LogP contribution >= 0.6 is 12.2 Å². The van der Waals surface area contributed by atoms with Gasteiger partial charge in [-0.3, -0.25) is 0 Å². The van der Waals surface area contributed by atoms with E-state index in [1.165, 1.54) is 5.56 Å². The van der Waals surface area contributed by atoms with Gasteiger partial charge in [-0.15, -0.1) is 0 Å². The van der Waals surface area contributed by atoms with Gasteiger partial charge < -0.3 is 9.73 Å². The molecular weight excluding hydrogens is 290 g/mol. The summed E-state index contributed by atoms with van der Waals surface area (Å²) >= 11 is 5.71. The van der Waals surface area contributed by atoms with Crippen LogP contribution in [0.25, 0.3) is 11.0 Å². The third-order valence-electron chi connectivity index (χ3n) is 3.56. The van der Waals surface area contributed by atoms with Crippen molar-refractivity contribution in [2.24, 2.45) is 0 Å². The zero-order valence-electron chi connectivity index (χ0n) is 13.0. The zero-order valence-corrected chi connectivity index (χ0v) is 13.8. The van der Waals surface area contributed by atoms with E-state index in [4.69, 9.17) is 16.6 Å². The lowest BCUT2D eigenvalue weighted by molar-refractivity contribution is 0.615. The maximum atomic E-state index is 5.71. The van der Waals surface area contributed by atoms with Gasteiger partial charge in [0, 0.05) is 22.7 Å². The SMILES string of the molecule is Cc1ccc(C(=S)c2cc(NC(C)C)cc3ccoc23)cc1. The minimum Gasteiger partial charge on any atom is -0.464 e. The maximum absolute atomic E-state index is 5.71. The molecule has 0 aliphatic rings. The Labute approximate surface area is 136 Å². The van der Waals surface area contributed by atoms with Crippen LogP contribution in [0.5, 0.6) is 0 Å². The van der Waals surface area contributed by atoms with Crippen molar-refractivity contribution in [2.75, 3.05) is 5.32 Å². The van der Waals surface area contributed by atoms with Gasteiger partial charge >= 0.3 is 0 Å². The summed E-state index contributed by atoms with van der Waals surface area (Å²) in [5.41, 5.74) is 5.14. The standard InChI is InChI=1S/C19H19NOS/c1-12(2)20-16-10-15-8-9-21-18(15)17(11-16)19(22)14-6-4-13(3)5-7-14/h4-12,20H,1-3H3. The topological polar surface area (TPSA) is 25.2 Å². The molecule has 1 heterocycles. The summed E-state index contributed by atoms with van der Waals surface area (Å²) in [6, 6.07) is 14.8. The number of nitrogens with one attached hydrogen (secondary N) is 1. The van der Waals surface area contributed by atoms with Crippen LogP contribution in [-0.4, -0.2) is 10.9 Å². The highest BCUT2D eigenvalue weighted by Crippen LogP contribution is 2.28. The molecule has 3 aromatic rings. The highest BCUT2D eigenvalue weighted by atomic mass is 32.1. The van der Waals surface area contributed by atoms with Crippen molar-refractivity contribution >= 4 is 33.7 Å². The Morgan fingerprint density at radius 1 is 1.09 bits per heavy atom. The van der Waals surface area contributed by atoms with Gasteiger partial charge in [0.1, 0.15) is 5.58 Å². The van der Waals surface area contributed by atoms with Gasteiger partial charge in [0.05, 0.1) is 11.1 Å². The Balaban J connectivity index is 2.09. The predicted octanol–water partition coefficient (Wildman–Crippen LogP) is 5.33. The number of hydrogen-bond acceptors (Lipinski definition) is 3. The maximum Gasteiger partial charge on any atom is 0.142 e. The molecule has 0 aliphatic carbocycles. The Kier molecular flexibility index (Phi) is 3.99. The molecule has 0 atom stereocenters. The molecular formula is C19H19NOS. The average molecular weight is 309 g/mol. The van der Waals surface area contributed by atoms with E-state index in [0.717, 1.165) is 32.6 Å². The second-order valence-electron chi connectivity index (χ2n) is 5.86. The molecule has 3 heteroatoms. The van der Waals surface area contributed by atoms with Gasteiger partial charge in [-0.1, -0.05) is 42.0 Å². The normalized spacial score (nSPS) is 11.1. The zero-order chi connectivity index (χ0) is 15.7. The molecule has 3 rings (SSSR count). The van der Waals surface area contributed by atoms with Crippen LogP contribution in [0.1, 0.15) is 30.5 Å². The second-order valence-corrected chi connectivity index (χ2v) is 6.27. The van der Waals surface area contributed by atoms with Crippen LogP contribution in [0, 0.1) is 6.92 Å². The molecule has 0 bridgehead atoms. The predicted molar refractivity (Wildman–Crippen MR) is 97.0 cm³/mol. The smallest absolute Gasteiger partial charge is 0.142 e. The van der Waals surface area contributed by atoms with Crippen molar-refractivity contribution in [3.8, 4) is 0 Å². The summed E-state index contributed by atoms with van der Waals surface area (Å²) < 4.78 is 5.66. The summed E-state index contributed by atoms with van der Waals surface area (Å²) in [7, 11) is 0. The van der Waals surface area contributed by atoms with Crippen LogP contribution in [0.3, 0.4) is 0 Å². The van der Waals surface area contributed by atoms with Crippen LogP contribution in [0.2, 0.25) is 0 Å². The minimum atomic E-state index is 0.366. The van der Waals surface area contributed by atoms with Crippen LogP contribution < -0.4 is 5.32 Å². The fraction of sp³-hybridized carbons (Fsp3) is 0.211. The first-order chi connectivity index (χ1) is 10.5. The van der Waals surface area contributed by atoms with Crippen LogP contribution in [0.15, 0.2) is 53.1 Å². The fourth-order valence-corrected chi connectivity index (χ4v) is 2.82. The lowest BCUT2D eigenvalue weighted by Crippen LogP contribution is -2.10. The molecule has 0 saturated carbocycles. The van der Waals surface area contributed by atoms with E-state index in [1.54, 1.807) is 6.26 Å². The molecule has 2 aromatic carbocycles. The van der Waals surface area contributed by atoms with Crippen LogP contribution in [0.4, 0.5) is 5.69 Å². The molecule has 0 aliphatic heterocycles. The van der Waals surface area contributed by atoms with Gasteiger partial charge in [-0.05, 0) is 44.5 Å². The Bertz CT molecular complexity index is 815. The van der Waals surface area contributed by atoms with E-state index in [9.17, 15) is 0 Å². The lowest BCUT2D eigenvalue weighted by Gasteiger charge is -2.13. The molecule has 0 spiro atoms. The first-order valence-electron chi connectivity index (χ1n) is 7.44. The minimum absolute atomic E-state index is 0.366. The third-order valence-corrected chi connectivity index (χ3v) is 4.02. The number of fused-ring (bicyclic) bond motifs is 1. The first-order valence-corrected chi connectivity index (χ1v) is 7.84. The third kappa shape index (κ3) is 2.90. The molecule has 1 N–H and O–H groups in total. The Morgan fingerprint density at radius 3 is 2.50 bits per heavy atom. The summed E-state index contributed by atoms with van der Waals surface area (Å²) in [5, 5.41) is 4.51. The monoisotopic (exact) mass is 309 g/mol. The molecule has 0 radical (unpaired) electrons. The van der Waals surface area contributed by atoms with Crippen molar-refractivity contribution < 1.29 is 4.42 Å². The molecule has 22 heavy (non-hydrogen) atoms. The van der Waals surface area contributed by atoms with Gasteiger partial charge in [0.25, 0.3) is 0 Å². The quantitative estimate of drug-likeness (QED) is 0.521. The van der Waals surface area contributed by atoms with Crippen molar-refractivity contribution in [2.45, 2.75) is 26.8 Å². The highest BCUT2D eigenvalue weighted by Gasteiger charge is 2.13. The Morgan fingerprint density at radius 2 is 1.82 bits per heavy atom. The van der Waals surface area contributed by atoms with Gasteiger partial charge in [0.2, 0.25) is 0 Å². The molecule has 0 amide bonds. The molecule has 112 valence electrons. The summed E-state index contributed by atoms with van der Waals surface area (Å²) in [6.07, 6.45) is 1.71. The molecule has 2 nitrogen and oxygen atoms in total. The first kappa shape index (κ1) is 14.8. The van der Waals surface area contributed by atoms with E-state index in [0.29, 0.717) is 6.04 Å². The van der Waals surface area contributed by atoms with Crippen molar-refractivity contribution in [1.82, 2.24) is 0 Å².